The van der Waals surface area contributed by atoms with E-state index < -0.39 is 11.9 Å². The second kappa shape index (κ2) is 7.01. The normalized spacial score (nSPS) is 25.5. The molecule has 0 unspecified atom stereocenters. The van der Waals surface area contributed by atoms with Crippen LogP contribution in [0.1, 0.15) is 32.3 Å². The standard InChI is InChI=1S/C19H23NO7/c1-19(2)25-10-13(27-19)9-20(18(22)15-5-6-17(21)26-15)8-12-3-4-14-16(7-12)24-11-23-14/h3-4,7,13,15H,5-6,8-11H2,1-2H3/t13-,15-/m0/s1. The van der Waals surface area contributed by atoms with Gasteiger partial charge in [0.25, 0.3) is 5.91 Å². The number of carbonyl (C=O) groups excluding carboxylic acids is 2. The van der Waals surface area contributed by atoms with Crippen LogP contribution in [-0.2, 0) is 30.3 Å². The monoisotopic (exact) mass is 377 g/mol. The molecule has 3 heterocycles. The van der Waals surface area contributed by atoms with E-state index in [0.717, 1.165) is 5.56 Å². The van der Waals surface area contributed by atoms with Gasteiger partial charge in [-0.05, 0) is 31.5 Å². The maximum Gasteiger partial charge on any atom is 0.306 e. The zero-order valence-electron chi connectivity index (χ0n) is 15.4. The first-order chi connectivity index (χ1) is 12.9. The summed E-state index contributed by atoms with van der Waals surface area (Å²) in [7, 11) is 0. The molecule has 0 spiro atoms. The molecule has 8 nitrogen and oxygen atoms in total. The number of nitrogens with zero attached hydrogens (tertiary/aromatic N) is 1. The lowest BCUT2D eigenvalue weighted by atomic mass is 10.1. The molecule has 0 aliphatic carbocycles. The van der Waals surface area contributed by atoms with Gasteiger partial charge in [0.2, 0.25) is 6.79 Å². The molecule has 0 N–H and O–H groups in total. The molecule has 2 atom stereocenters. The van der Waals surface area contributed by atoms with Crippen LogP contribution >= 0.6 is 0 Å². The minimum atomic E-state index is -0.734. The number of benzene rings is 1. The topological polar surface area (TPSA) is 83.5 Å². The van der Waals surface area contributed by atoms with Crippen molar-refractivity contribution in [1.82, 2.24) is 4.90 Å². The molecule has 1 amide bonds. The highest BCUT2D eigenvalue weighted by Gasteiger charge is 2.38. The fourth-order valence-electron chi connectivity index (χ4n) is 3.49. The summed E-state index contributed by atoms with van der Waals surface area (Å²) in [5, 5.41) is 0. The number of esters is 1. The molecule has 1 aromatic rings. The Morgan fingerprint density at radius 2 is 2.07 bits per heavy atom. The lowest BCUT2D eigenvalue weighted by Gasteiger charge is -2.28. The molecular formula is C19H23NO7. The van der Waals surface area contributed by atoms with E-state index in [4.69, 9.17) is 23.7 Å². The average Bonchev–Trinajstić information content (AvgIpc) is 3.33. The van der Waals surface area contributed by atoms with Crippen LogP contribution in [-0.4, -0.2) is 54.7 Å². The van der Waals surface area contributed by atoms with Crippen molar-refractivity contribution in [1.29, 1.82) is 0 Å². The van der Waals surface area contributed by atoms with Gasteiger partial charge in [-0.25, -0.2) is 0 Å². The van der Waals surface area contributed by atoms with E-state index in [1.807, 2.05) is 32.0 Å². The zero-order chi connectivity index (χ0) is 19.0. The maximum atomic E-state index is 13.0. The Labute approximate surface area is 157 Å². The van der Waals surface area contributed by atoms with Crippen molar-refractivity contribution in [3.8, 4) is 11.5 Å². The first kappa shape index (κ1) is 18.1. The molecule has 146 valence electrons. The minimum absolute atomic E-state index is 0.196. The van der Waals surface area contributed by atoms with Crippen LogP contribution < -0.4 is 9.47 Å². The number of rotatable bonds is 5. The molecule has 8 heteroatoms. The summed E-state index contributed by atoms with van der Waals surface area (Å²) in [6.45, 7) is 4.99. The molecule has 2 fully saturated rings. The van der Waals surface area contributed by atoms with Crippen molar-refractivity contribution in [2.45, 2.75) is 51.2 Å². The zero-order valence-corrected chi connectivity index (χ0v) is 15.4. The molecule has 0 bridgehead atoms. The van der Waals surface area contributed by atoms with Gasteiger partial charge >= 0.3 is 5.97 Å². The van der Waals surface area contributed by atoms with Gasteiger partial charge in [0.15, 0.2) is 23.4 Å². The third kappa shape index (κ3) is 4.01. The molecule has 0 aromatic heterocycles. The molecular weight excluding hydrogens is 354 g/mol. The average molecular weight is 377 g/mol. The largest absolute Gasteiger partial charge is 0.454 e. The highest BCUT2D eigenvalue weighted by molar-refractivity contribution is 5.86. The molecule has 27 heavy (non-hydrogen) atoms. The number of amides is 1. The van der Waals surface area contributed by atoms with Crippen LogP contribution in [0.2, 0.25) is 0 Å². The Morgan fingerprint density at radius 3 is 2.78 bits per heavy atom. The smallest absolute Gasteiger partial charge is 0.306 e. The first-order valence-electron chi connectivity index (χ1n) is 9.08. The SMILES string of the molecule is CC1(C)OC[C@H](CN(Cc2ccc3c(c2)OCO3)C(=O)[C@@H]2CCC(=O)O2)O1. The lowest BCUT2D eigenvalue weighted by molar-refractivity contribution is -0.157. The number of ether oxygens (including phenoxy) is 5. The number of carbonyl (C=O) groups is 2. The Bertz CT molecular complexity index is 748. The van der Waals surface area contributed by atoms with Crippen LogP contribution in [0.3, 0.4) is 0 Å². The summed E-state index contributed by atoms with van der Waals surface area (Å²) in [6.07, 6.45) is -0.301. The first-order valence-corrected chi connectivity index (χ1v) is 9.08. The number of hydrogen-bond acceptors (Lipinski definition) is 7. The van der Waals surface area contributed by atoms with E-state index in [-0.39, 0.29) is 31.2 Å². The van der Waals surface area contributed by atoms with Crippen molar-refractivity contribution in [2.24, 2.45) is 0 Å². The highest BCUT2D eigenvalue weighted by Crippen LogP contribution is 2.33. The summed E-state index contributed by atoms with van der Waals surface area (Å²) < 4.78 is 27.4. The second-order valence-electron chi connectivity index (χ2n) is 7.37. The highest BCUT2D eigenvalue weighted by atomic mass is 16.7. The lowest BCUT2D eigenvalue weighted by Crippen LogP contribution is -2.43. The quantitative estimate of drug-likeness (QED) is 0.721. The molecule has 0 radical (unpaired) electrons. The summed E-state index contributed by atoms with van der Waals surface area (Å²) in [5.41, 5.74) is 0.898. The predicted octanol–water partition coefficient (Wildman–Crippen LogP) is 1.60. The van der Waals surface area contributed by atoms with Gasteiger partial charge in [-0.1, -0.05) is 6.07 Å². The minimum Gasteiger partial charge on any atom is -0.454 e. The van der Waals surface area contributed by atoms with Crippen LogP contribution in [0.25, 0.3) is 0 Å². The van der Waals surface area contributed by atoms with Crippen molar-refractivity contribution in [3.05, 3.63) is 23.8 Å². The molecule has 2 saturated heterocycles. The van der Waals surface area contributed by atoms with Crippen molar-refractivity contribution in [2.75, 3.05) is 19.9 Å². The fraction of sp³-hybridized carbons (Fsp3) is 0.579. The molecule has 4 rings (SSSR count). The Hall–Kier alpha value is -2.32. The predicted molar refractivity (Wildman–Crippen MR) is 92.0 cm³/mol. The van der Waals surface area contributed by atoms with Gasteiger partial charge in [0.05, 0.1) is 6.61 Å². The summed E-state index contributed by atoms with van der Waals surface area (Å²) >= 11 is 0. The van der Waals surface area contributed by atoms with Gasteiger partial charge in [-0.2, -0.15) is 0 Å². The third-order valence-corrected chi connectivity index (χ3v) is 4.77. The van der Waals surface area contributed by atoms with Crippen LogP contribution in [0.15, 0.2) is 18.2 Å². The second-order valence-corrected chi connectivity index (χ2v) is 7.37. The van der Waals surface area contributed by atoms with Gasteiger partial charge < -0.3 is 28.6 Å². The third-order valence-electron chi connectivity index (χ3n) is 4.77. The van der Waals surface area contributed by atoms with Crippen molar-refractivity contribution < 1.29 is 33.3 Å². The van der Waals surface area contributed by atoms with Gasteiger partial charge in [0.1, 0.15) is 6.10 Å². The summed E-state index contributed by atoms with van der Waals surface area (Å²) in [4.78, 5) is 26.1. The van der Waals surface area contributed by atoms with E-state index in [0.29, 0.717) is 37.6 Å². The van der Waals surface area contributed by atoms with E-state index in [1.54, 1.807) is 4.90 Å². The van der Waals surface area contributed by atoms with E-state index in [1.165, 1.54) is 0 Å². The van der Waals surface area contributed by atoms with Gasteiger partial charge in [-0.3, -0.25) is 9.59 Å². The molecule has 1 aromatic carbocycles. The Balaban J connectivity index is 1.50. The fourth-order valence-corrected chi connectivity index (χ4v) is 3.49. The van der Waals surface area contributed by atoms with Crippen LogP contribution in [0.4, 0.5) is 0 Å². The van der Waals surface area contributed by atoms with E-state index in [2.05, 4.69) is 0 Å². The van der Waals surface area contributed by atoms with Crippen LogP contribution in [0.5, 0.6) is 11.5 Å². The Morgan fingerprint density at radius 1 is 1.26 bits per heavy atom. The summed E-state index contributed by atoms with van der Waals surface area (Å²) in [6, 6.07) is 5.58. The number of cyclic esters (lactones) is 1. The van der Waals surface area contributed by atoms with E-state index >= 15 is 0 Å². The number of hydrogen-bond donors (Lipinski definition) is 0. The van der Waals surface area contributed by atoms with Gasteiger partial charge in [-0.15, -0.1) is 0 Å². The van der Waals surface area contributed by atoms with E-state index in [9.17, 15) is 9.59 Å². The molecule has 3 aliphatic heterocycles. The molecule has 3 aliphatic rings. The summed E-state index contributed by atoms with van der Waals surface area (Å²) in [5.74, 6) is 0.131. The Kier molecular flexibility index (Phi) is 4.69. The van der Waals surface area contributed by atoms with Crippen molar-refractivity contribution in [3.63, 3.8) is 0 Å². The van der Waals surface area contributed by atoms with Crippen LogP contribution in [0, 0.1) is 0 Å². The molecule has 0 saturated carbocycles. The van der Waals surface area contributed by atoms with Crippen molar-refractivity contribution >= 4 is 11.9 Å². The number of fused-ring (bicyclic) bond motifs is 1. The maximum absolute atomic E-state index is 13.0. The van der Waals surface area contributed by atoms with Gasteiger partial charge in [0, 0.05) is 25.9 Å².